The minimum atomic E-state index is -0.152. The van der Waals surface area contributed by atoms with Crippen LogP contribution in [0.5, 0.6) is 0 Å². The molecule has 142 valence electrons. The van der Waals surface area contributed by atoms with Crippen LogP contribution >= 0.6 is 11.6 Å². The average molecular weight is 386 g/mol. The number of anilines is 1. The molecular weight excluding hydrogens is 362 g/mol. The Kier molecular flexibility index (Phi) is 6.48. The number of piperidine rings is 1. The molecule has 1 aliphatic rings. The molecule has 0 radical (unpaired) electrons. The van der Waals surface area contributed by atoms with Gasteiger partial charge >= 0.3 is 0 Å². The van der Waals surface area contributed by atoms with Crippen molar-refractivity contribution in [3.05, 3.63) is 64.7 Å². The molecule has 0 atom stereocenters. The molecule has 0 aromatic heterocycles. The molecule has 5 nitrogen and oxygen atoms in total. The molecule has 2 aromatic carbocycles. The molecule has 3 rings (SSSR count). The van der Waals surface area contributed by atoms with Crippen molar-refractivity contribution in [1.82, 2.24) is 10.2 Å². The van der Waals surface area contributed by atoms with Crippen LogP contribution in [0.15, 0.2) is 48.5 Å². The number of benzene rings is 2. The van der Waals surface area contributed by atoms with Gasteiger partial charge in [0.25, 0.3) is 5.91 Å². The highest BCUT2D eigenvalue weighted by molar-refractivity contribution is 6.30. The third-order valence-corrected chi connectivity index (χ3v) is 4.94. The van der Waals surface area contributed by atoms with Gasteiger partial charge in [-0.15, -0.1) is 0 Å². The van der Waals surface area contributed by atoms with Gasteiger partial charge in [-0.25, -0.2) is 0 Å². The first-order chi connectivity index (χ1) is 13.0. The zero-order chi connectivity index (χ0) is 19.2. The smallest absolute Gasteiger partial charge is 0.251 e. The molecule has 1 saturated heterocycles. The van der Waals surface area contributed by atoms with Gasteiger partial charge < -0.3 is 10.6 Å². The number of nitrogens with one attached hydrogen (secondary N) is 2. The highest BCUT2D eigenvalue weighted by Crippen LogP contribution is 2.17. The Balaban J connectivity index is 1.49. The van der Waals surface area contributed by atoms with E-state index in [0.29, 0.717) is 11.3 Å². The van der Waals surface area contributed by atoms with Gasteiger partial charge in [-0.2, -0.15) is 0 Å². The fourth-order valence-corrected chi connectivity index (χ4v) is 3.42. The van der Waals surface area contributed by atoms with Gasteiger partial charge in [0, 0.05) is 48.9 Å². The molecule has 0 unspecified atom stereocenters. The molecule has 0 aliphatic carbocycles. The fraction of sp³-hybridized carbons (Fsp3) is 0.333. The Morgan fingerprint density at radius 2 is 1.81 bits per heavy atom. The quantitative estimate of drug-likeness (QED) is 0.825. The van der Waals surface area contributed by atoms with E-state index in [1.807, 2.05) is 12.1 Å². The Morgan fingerprint density at radius 3 is 2.48 bits per heavy atom. The largest absolute Gasteiger partial charge is 0.349 e. The number of hydrogen-bond acceptors (Lipinski definition) is 3. The van der Waals surface area contributed by atoms with Crippen LogP contribution in [-0.4, -0.2) is 35.8 Å². The molecule has 0 bridgehead atoms. The minimum Gasteiger partial charge on any atom is -0.349 e. The van der Waals surface area contributed by atoms with Crippen molar-refractivity contribution < 1.29 is 9.59 Å². The highest BCUT2D eigenvalue weighted by Gasteiger charge is 2.21. The number of likely N-dealkylation sites (tertiary alicyclic amines) is 1. The van der Waals surface area contributed by atoms with Gasteiger partial charge in [-0.05, 0) is 48.7 Å². The van der Waals surface area contributed by atoms with E-state index in [2.05, 4.69) is 27.7 Å². The topological polar surface area (TPSA) is 61.4 Å². The van der Waals surface area contributed by atoms with E-state index in [1.54, 1.807) is 24.3 Å². The van der Waals surface area contributed by atoms with Gasteiger partial charge in [-0.3, -0.25) is 14.5 Å². The number of halogens is 1. The summed E-state index contributed by atoms with van der Waals surface area (Å²) >= 11 is 5.93. The van der Waals surface area contributed by atoms with Crippen LogP contribution in [0.3, 0.4) is 0 Å². The zero-order valence-electron chi connectivity index (χ0n) is 15.4. The van der Waals surface area contributed by atoms with Crippen molar-refractivity contribution in [3.63, 3.8) is 0 Å². The number of nitrogens with zero attached hydrogens (tertiary/aromatic N) is 1. The second-order valence-electron chi connectivity index (χ2n) is 6.91. The van der Waals surface area contributed by atoms with E-state index < -0.39 is 0 Å². The number of rotatable bonds is 5. The highest BCUT2D eigenvalue weighted by atomic mass is 35.5. The maximum Gasteiger partial charge on any atom is 0.251 e. The number of carbonyl (C=O) groups is 2. The Labute approximate surface area is 164 Å². The lowest BCUT2D eigenvalue weighted by molar-refractivity contribution is -0.114. The van der Waals surface area contributed by atoms with Gasteiger partial charge in [0.15, 0.2) is 0 Å². The summed E-state index contributed by atoms with van der Waals surface area (Å²) < 4.78 is 0. The van der Waals surface area contributed by atoms with Crippen molar-refractivity contribution >= 4 is 29.1 Å². The minimum absolute atomic E-state index is 0.0987. The lowest BCUT2D eigenvalue weighted by Crippen LogP contribution is -2.44. The van der Waals surface area contributed by atoms with Crippen molar-refractivity contribution in [3.8, 4) is 0 Å². The van der Waals surface area contributed by atoms with Gasteiger partial charge in [0.1, 0.15) is 0 Å². The number of amides is 2. The van der Waals surface area contributed by atoms with E-state index >= 15 is 0 Å². The predicted molar refractivity (Wildman–Crippen MR) is 108 cm³/mol. The maximum absolute atomic E-state index is 12.5. The van der Waals surface area contributed by atoms with Crippen LogP contribution in [0.4, 0.5) is 5.69 Å². The Bertz CT molecular complexity index is 799. The second kappa shape index (κ2) is 9.02. The zero-order valence-corrected chi connectivity index (χ0v) is 16.1. The summed E-state index contributed by atoms with van der Waals surface area (Å²) in [4.78, 5) is 26.1. The average Bonchev–Trinajstić information content (AvgIpc) is 2.65. The van der Waals surface area contributed by atoms with Crippen LogP contribution in [-0.2, 0) is 11.3 Å². The lowest BCUT2D eigenvalue weighted by Gasteiger charge is -2.32. The van der Waals surface area contributed by atoms with Crippen LogP contribution in [0, 0.1) is 0 Å². The first-order valence-corrected chi connectivity index (χ1v) is 9.53. The molecule has 1 aliphatic heterocycles. The van der Waals surface area contributed by atoms with E-state index in [9.17, 15) is 9.59 Å². The molecule has 2 N–H and O–H groups in total. The monoisotopic (exact) mass is 385 g/mol. The number of hydrogen-bond donors (Lipinski definition) is 2. The second-order valence-corrected chi connectivity index (χ2v) is 7.35. The molecule has 2 aromatic rings. The van der Waals surface area contributed by atoms with Crippen molar-refractivity contribution in [2.75, 3.05) is 18.4 Å². The Morgan fingerprint density at radius 1 is 1.11 bits per heavy atom. The third-order valence-electron chi connectivity index (χ3n) is 4.69. The molecule has 1 heterocycles. The molecule has 0 saturated carbocycles. The van der Waals surface area contributed by atoms with Gasteiger partial charge in [0.05, 0.1) is 0 Å². The van der Waals surface area contributed by atoms with Crippen molar-refractivity contribution in [2.24, 2.45) is 0 Å². The summed E-state index contributed by atoms with van der Waals surface area (Å²) in [6.07, 6.45) is 1.84. The first kappa shape index (κ1) is 19.4. The fourth-order valence-electron chi connectivity index (χ4n) is 3.29. The normalized spacial score (nSPS) is 15.3. The summed E-state index contributed by atoms with van der Waals surface area (Å²) in [5.41, 5.74) is 2.44. The standard InChI is InChI=1S/C21H24ClN3O2/c1-15(26)23-20-4-2-3-17(13-20)21(27)24-19-9-11-25(12-10-19)14-16-5-7-18(22)8-6-16/h2-8,13,19H,9-12,14H2,1H3,(H,23,26)(H,24,27). The van der Waals surface area contributed by atoms with E-state index in [0.717, 1.165) is 37.5 Å². The van der Waals surface area contributed by atoms with E-state index in [4.69, 9.17) is 11.6 Å². The molecule has 0 spiro atoms. The summed E-state index contributed by atoms with van der Waals surface area (Å²) in [5.74, 6) is -0.251. The number of carbonyl (C=O) groups excluding carboxylic acids is 2. The predicted octanol–water partition coefficient (Wildman–Crippen LogP) is 3.69. The first-order valence-electron chi connectivity index (χ1n) is 9.15. The molecule has 2 amide bonds. The van der Waals surface area contributed by atoms with Crippen LogP contribution in [0.25, 0.3) is 0 Å². The SMILES string of the molecule is CC(=O)Nc1cccc(C(=O)NC2CCN(Cc3ccc(Cl)cc3)CC2)c1. The van der Waals surface area contributed by atoms with Crippen LogP contribution in [0.1, 0.15) is 35.7 Å². The Hall–Kier alpha value is -2.37. The van der Waals surface area contributed by atoms with Gasteiger partial charge in [-0.1, -0.05) is 29.8 Å². The summed E-state index contributed by atoms with van der Waals surface area (Å²) in [6.45, 7) is 4.24. The summed E-state index contributed by atoms with van der Waals surface area (Å²) in [5, 5.41) is 6.57. The van der Waals surface area contributed by atoms with Crippen molar-refractivity contribution in [1.29, 1.82) is 0 Å². The maximum atomic E-state index is 12.5. The third kappa shape index (κ3) is 5.81. The molecule has 27 heavy (non-hydrogen) atoms. The van der Waals surface area contributed by atoms with E-state index in [-0.39, 0.29) is 17.9 Å². The molecule has 1 fully saturated rings. The van der Waals surface area contributed by atoms with Crippen LogP contribution < -0.4 is 10.6 Å². The van der Waals surface area contributed by atoms with Gasteiger partial charge in [0.2, 0.25) is 5.91 Å². The summed E-state index contributed by atoms with van der Waals surface area (Å²) in [6, 6.07) is 15.1. The lowest BCUT2D eigenvalue weighted by atomic mass is 10.0. The van der Waals surface area contributed by atoms with Crippen molar-refractivity contribution in [2.45, 2.75) is 32.4 Å². The summed E-state index contributed by atoms with van der Waals surface area (Å²) in [7, 11) is 0. The van der Waals surface area contributed by atoms with Crippen LogP contribution in [0.2, 0.25) is 5.02 Å². The molecule has 6 heteroatoms. The molecular formula is C21H24ClN3O2. The van der Waals surface area contributed by atoms with E-state index in [1.165, 1.54) is 12.5 Å².